The summed E-state index contributed by atoms with van der Waals surface area (Å²) in [6, 6.07) is 1.56. The summed E-state index contributed by atoms with van der Waals surface area (Å²) >= 11 is 3.30. The molecule has 1 aromatic rings. The van der Waals surface area contributed by atoms with Gasteiger partial charge in [-0.3, -0.25) is 4.79 Å². The molecule has 2 heterocycles. The molecule has 6 heteroatoms. The standard InChI is InChI=1S/C12H16BrN3O2/c1-7-12(2,3-4-18-7)16-11(17)8-5-10(14)15-6-9(8)13/h5-7H,3-4H2,1-2H3,(H2,14,15)(H,16,17). The van der Waals surface area contributed by atoms with Crippen molar-refractivity contribution >= 4 is 27.7 Å². The van der Waals surface area contributed by atoms with Crippen molar-refractivity contribution in [3.05, 3.63) is 22.3 Å². The highest BCUT2D eigenvalue weighted by Crippen LogP contribution is 2.26. The third-order valence-electron chi connectivity index (χ3n) is 3.41. The normalized spacial score (nSPS) is 27.2. The molecule has 2 rings (SSSR count). The van der Waals surface area contributed by atoms with Gasteiger partial charge in [0.1, 0.15) is 5.82 Å². The molecule has 1 aliphatic rings. The number of pyridine rings is 1. The van der Waals surface area contributed by atoms with Gasteiger partial charge >= 0.3 is 0 Å². The van der Waals surface area contributed by atoms with E-state index < -0.39 is 0 Å². The van der Waals surface area contributed by atoms with Gasteiger partial charge in [-0.25, -0.2) is 4.98 Å². The van der Waals surface area contributed by atoms with E-state index in [0.29, 0.717) is 22.5 Å². The summed E-state index contributed by atoms with van der Waals surface area (Å²) < 4.78 is 6.12. The number of aromatic nitrogens is 1. The lowest BCUT2D eigenvalue weighted by molar-refractivity contribution is 0.0727. The Balaban J connectivity index is 2.19. The van der Waals surface area contributed by atoms with Crippen molar-refractivity contribution in [2.24, 2.45) is 0 Å². The van der Waals surface area contributed by atoms with E-state index in [4.69, 9.17) is 10.5 Å². The Morgan fingerprint density at radius 2 is 2.44 bits per heavy atom. The number of halogens is 1. The van der Waals surface area contributed by atoms with Crippen LogP contribution in [0.2, 0.25) is 0 Å². The first kappa shape index (κ1) is 13.3. The number of hydrogen-bond acceptors (Lipinski definition) is 4. The minimum absolute atomic E-state index is 0.000547. The Hall–Kier alpha value is -1.14. The first-order chi connectivity index (χ1) is 8.42. The number of rotatable bonds is 2. The molecule has 3 N–H and O–H groups in total. The topological polar surface area (TPSA) is 77.2 Å². The van der Waals surface area contributed by atoms with Crippen molar-refractivity contribution < 1.29 is 9.53 Å². The Kier molecular flexibility index (Phi) is 3.59. The van der Waals surface area contributed by atoms with Gasteiger partial charge in [-0.05, 0) is 42.3 Å². The van der Waals surface area contributed by atoms with Gasteiger partial charge in [-0.2, -0.15) is 0 Å². The van der Waals surface area contributed by atoms with E-state index in [0.717, 1.165) is 6.42 Å². The summed E-state index contributed by atoms with van der Waals surface area (Å²) in [6.45, 7) is 4.61. The number of nitrogens with one attached hydrogen (secondary N) is 1. The molecule has 0 aromatic carbocycles. The van der Waals surface area contributed by atoms with E-state index >= 15 is 0 Å². The van der Waals surface area contributed by atoms with Gasteiger partial charge in [0, 0.05) is 17.3 Å². The molecule has 1 saturated heterocycles. The molecule has 98 valence electrons. The number of hydrogen-bond donors (Lipinski definition) is 2. The van der Waals surface area contributed by atoms with Crippen LogP contribution in [0.1, 0.15) is 30.6 Å². The molecule has 2 unspecified atom stereocenters. The first-order valence-electron chi connectivity index (χ1n) is 5.77. The van der Waals surface area contributed by atoms with Crippen LogP contribution in [-0.4, -0.2) is 29.1 Å². The van der Waals surface area contributed by atoms with E-state index in [1.54, 1.807) is 6.07 Å². The fraction of sp³-hybridized carbons (Fsp3) is 0.500. The van der Waals surface area contributed by atoms with E-state index in [2.05, 4.69) is 26.2 Å². The molecule has 1 aromatic heterocycles. The molecular weight excluding hydrogens is 298 g/mol. The molecule has 0 radical (unpaired) electrons. The van der Waals surface area contributed by atoms with Crippen molar-refractivity contribution in [3.8, 4) is 0 Å². The molecule has 0 bridgehead atoms. The maximum Gasteiger partial charge on any atom is 0.253 e. The maximum atomic E-state index is 12.2. The van der Waals surface area contributed by atoms with Crippen LogP contribution in [-0.2, 0) is 4.74 Å². The number of carbonyl (C=O) groups is 1. The monoisotopic (exact) mass is 313 g/mol. The third kappa shape index (κ3) is 2.49. The zero-order chi connectivity index (χ0) is 13.3. The summed E-state index contributed by atoms with van der Waals surface area (Å²) in [6.07, 6.45) is 2.33. The van der Waals surface area contributed by atoms with Crippen LogP contribution in [0.4, 0.5) is 5.82 Å². The van der Waals surface area contributed by atoms with Crippen molar-refractivity contribution in [1.82, 2.24) is 10.3 Å². The van der Waals surface area contributed by atoms with Crippen LogP contribution in [0.3, 0.4) is 0 Å². The zero-order valence-electron chi connectivity index (χ0n) is 10.4. The lowest BCUT2D eigenvalue weighted by atomic mass is 9.94. The number of anilines is 1. The largest absolute Gasteiger partial charge is 0.384 e. The second-order valence-corrected chi connectivity index (χ2v) is 5.58. The van der Waals surface area contributed by atoms with Crippen LogP contribution in [0.15, 0.2) is 16.7 Å². The summed E-state index contributed by atoms with van der Waals surface area (Å²) in [5, 5.41) is 3.01. The summed E-state index contributed by atoms with van der Waals surface area (Å²) in [7, 11) is 0. The number of nitrogen functional groups attached to an aromatic ring is 1. The van der Waals surface area contributed by atoms with Gasteiger partial charge in [-0.1, -0.05) is 0 Å². The SMILES string of the molecule is CC1OCCC1(C)NC(=O)c1cc(N)ncc1Br. The quantitative estimate of drug-likeness (QED) is 0.871. The second kappa shape index (κ2) is 4.85. The van der Waals surface area contributed by atoms with Crippen molar-refractivity contribution in [2.75, 3.05) is 12.3 Å². The molecule has 1 fully saturated rings. The van der Waals surface area contributed by atoms with Gasteiger partial charge in [0.05, 0.1) is 17.2 Å². The highest BCUT2D eigenvalue weighted by atomic mass is 79.9. The Bertz CT molecular complexity index is 480. The summed E-state index contributed by atoms with van der Waals surface area (Å²) in [5.74, 6) is 0.153. The molecule has 2 atom stereocenters. The minimum atomic E-state index is -0.339. The van der Waals surface area contributed by atoms with Crippen LogP contribution >= 0.6 is 15.9 Å². The van der Waals surface area contributed by atoms with Crippen LogP contribution in [0, 0.1) is 0 Å². The van der Waals surface area contributed by atoms with E-state index in [9.17, 15) is 4.79 Å². The number of ether oxygens (including phenoxy) is 1. The van der Waals surface area contributed by atoms with Gasteiger partial charge < -0.3 is 15.8 Å². The average Bonchev–Trinajstić information content (AvgIpc) is 2.62. The number of carbonyl (C=O) groups excluding carboxylic acids is 1. The molecule has 0 saturated carbocycles. The van der Waals surface area contributed by atoms with Crippen molar-refractivity contribution in [3.63, 3.8) is 0 Å². The maximum absolute atomic E-state index is 12.2. The third-order valence-corrected chi connectivity index (χ3v) is 4.04. The predicted octanol–water partition coefficient (Wildman–Crippen LogP) is 1.72. The van der Waals surface area contributed by atoms with E-state index in [1.807, 2.05) is 13.8 Å². The van der Waals surface area contributed by atoms with Gasteiger partial charge in [0.2, 0.25) is 0 Å². The lowest BCUT2D eigenvalue weighted by Crippen LogP contribution is -2.50. The highest BCUT2D eigenvalue weighted by Gasteiger charge is 2.38. The van der Waals surface area contributed by atoms with Crippen LogP contribution in [0.5, 0.6) is 0 Å². The summed E-state index contributed by atoms with van der Waals surface area (Å²) in [4.78, 5) is 16.2. The van der Waals surface area contributed by atoms with Crippen molar-refractivity contribution in [1.29, 1.82) is 0 Å². The molecule has 0 aliphatic carbocycles. The molecule has 18 heavy (non-hydrogen) atoms. The smallest absolute Gasteiger partial charge is 0.253 e. The zero-order valence-corrected chi connectivity index (χ0v) is 12.0. The number of amides is 1. The van der Waals surface area contributed by atoms with Gasteiger partial charge in [0.25, 0.3) is 5.91 Å². The molecule has 5 nitrogen and oxygen atoms in total. The first-order valence-corrected chi connectivity index (χ1v) is 6.57. The highest BCUT2D eigenvalue weighted by molar-refractivity contribution is 9.10. The Morgan fingerprint density at radius 1 is 1.72 bits per heavy atom. The fourth-order valence-corrected chi connectivity index (χ4v) is 2.35. The minimum Gasteiger partial charge on any atom is -0.384 e. The fourth-order valence-electron chi connectivity index (χ4n) is 1.95. The van der Waals surface area contributed by atoms with E-state index in [-0.39, 0.29) is 17.6 Å². The molecule has 0 spiro atoms. The van der Waals surface area contributed by atoms with Crippen molar-refractivity contribution in [2.45, 2.75) is 31.9 Å². The second-order valence-electron chi connectivity index (χ2n) is 4.72. The van der Waals surface area contributed by atoms with Crippen LogP contribution < -0.4 is 11.1 Å². The average molecular weight is 314 g/mol. The Labute approximate surface area is 114 Å². The summed E-state index contributed by atoms with van der Waals surface area (Å²) in [5.41, 5.74) is 5.75. The van der Waals surface area contributed by atoms with Crippen LogP contribution in [0.25, 0.3) is 0 Å². The molecule has 1 aliphatic heterocycles. The van der Waals surface area contributed by atoms with Gasteiger partial charge in [0.15, 0.2) is 0 Å². The van der Waals surface area contributed by atoms with E-state index in [1.165, 1.54) is 6.20 Å². The lowest BCUT2D eigenvalue weighted by Gasteiger charge is -2.29. The Morgan fingerprint density at radius 3 is 3.06 bits per heavy atom. The number of nitrogens with zero attached hydrogens (tertiary/aromatic N) is 1. The predicted molar refractivity (Wildman–Crippen MR) is 72.3 cm³/mol. The van der Waals surface area contributed by atoms with Gasteiger partial charge in [-0.15, -0.1) is 0 Å². The molecule has 1 amide bonds. The molecular formula is C12H16BrN3O2. The number of nitrogens with two attached hydrogens (primary N) is 1.